The van der Waals surface area contributed by atoms with Crippen molar-refractivity contribution in [3.05, 3.63) is 30.1 Å². The minimum absolute atomic E-state index is 0.0409. The van der Waals surface area contributed by atoms with Crippen molar-refractivity contribution >= 4 is 5.91 Å². The molecule has 4 unspecified atom stereocenters. The highest BCUT2D eigenvalue weighted by Gasteiger charge is 2.43. The van der Waals surface area contributed by atoms with Crippen molar-refractivity contribution < 1.29 is 13.9 Å². The number of nitrogens with two attached hydrogens (primary N) is 1. The molecule has 4 nitrogen and oxygen atoms in total. The fourth-order valence-corrected chi connectivity index (χ4v) is 3.54. The summed E-state index contributed by atoms with van der Waals surface area (Å²) in [5.41, 5.74) is 6.09. The van der Waals surface area contributed by atoms with Crippen molar-refractivity contribution in [3.8, 4) is 5.75 Å². The SMILES string of the molecule is CC(Oc1cccc(F)c1)C(=O)N1CC2CCC(N)C2C1. The van der Waals surface area contributed by atoms with Crippen LogP contribution in [0, 0.1) is 17.7 Å². The molecular weight excluding hydrogens is 271 g/mol. The highest BCUT2D eigenvalue weighted by Crippen LogP contribution is 2.37. The minimum atomic E-state index is -0.609. The molecule has 0 spiro atoms. The zero-order valence-electron chi connectivity index (χ0n) is 12.2. The lowest BCUT2D eigenvalue weighted by Crippen LogP contribution is -2.40. The molecule has 1 heterocycles. The number of hydrogen-bond donors (Lipinski definition) is 1. The van der Waals surface area contributed by atoms with E-state index in [4.69, 9.17) is 10.5 Å². The third-order valence-electron chi connectivity index (χ3n) is 4.68. The van der Waals surface area contributed by atoms with Crippen LogP contribution in [0.4, 0.5) is 4.39 Å². The van der Waals surface area contributed by atoms with Crippen LogP contribution in [0.5, 0.6) is 5.75 Å². The summed E-state index contributed by atoms with van der Waals surface area (Å²) in [6, 6.07) is 6.08. The topological polar surface area (TPSA) is 55.6 Å². The van der Waals surface area contributed by atoms with E-state index in [9.17, 15) is 9.18 Å². The quantitative estimate of drug-likeness (QED) is 0.924. The molecule has 21 heavy (non-hydrogen) atoms. The van der Waals surface area contributed by atoms with Crippen LogP contribution in [0.1, 0.15) is 19.8 Å². The molecule has 1 aromatic carbocycles. The number of likely N-dealkylation sites (tertiary alicyclic amines) is 1. The summed E-state index contributed by atoms with van der Waals surface area (Å²) in [7, 11) is 0. The predicted octanol–water partition coefficient (Wildman–Crippen LogP) is 1.79. The average molecular weight is 292 g/mol. The Morgan fingerprint density at radius 3 is 2.95 bits per heavy atom. The van der Waals surface area contributed by atoms with Crippen LogP contribution in [0.25, 0.3) is 0 Å². The summed E-state index contributed by atoms with van der Waals surface area (Å²) < 4.78 is 18.7. The van der Waals surface area contributed by atoms with E-state index >= 15 is 0 Å². The molecule has 114 valence electrons. The molecule has 1 aliphatic carbocycles. The third-order valence-corrected chi connectivity index (χ3v) is 4.68. The Morgan fingerprint density at radius 1 is 1.43 bits per heavy atom. The van der Waals surface area contributed by atoms with Crippen LogP contribution in [0.2, 0.25) is 0 Å². The van der Waals surface area contributed by atoms with Gasteiger partial charge in [-0.3, -0.25) is 4.79 Å². The molecule has 1 saturated carbocycles. The first-order valence-corrected chi connectivity index (χ1v) is 7.51. The van der Waals surface area contributed by atoms with E-state index < -0.39 is 6.10 Å². The van der Waals surface area contributed by atoms with Crippen LogP contribution >= 0.6 is 0 Å². The lowest BCUT2D eigenvalue weighted by molar-refractivity contribution is -0.137. The molecule has 4 atom stereocenters. The number of fused-ring (bicyclic) bond motifs is 1. The second kappa shape index (κ2) is 5.64. The molecule has 0 bridgehead atoms. The van der Waals surface area contributed by atoms with Crippen molar-refractivity contribution in [3.63, 3.8) is 0 Å². The Balaban J connectivity index is 1.60. The van der Waals surface area contributed by atoms with Gasteiger partial charge in [0, 0.05) is 25.2 Å². The Hall–Kier alpha value is -1.62. The smallest absolute Gasteiger partial charge is 0.263 e. The second-order valence-corrected chi connectivity index (χ2v) is 6.13. The van der Waals surface area contributed by atoms with Crippen LogP contribution in [-0.4, -0.2) is 36.0 Å². The van der Waals surface area contributed by atoms with Crippen molar-refractivity contribution in [2.24, 2.45) is 17.6 Å². The summed E-state index contributed by atoms with van der Waals surface area (Å²) >= 11 is 0. The number of rotatable bonds is 3. The Bertz CT molecular complexity index is 537. The first kappa shape index (κ1) is 14.3. The van der Waals surface area contributed by atoms with Crippen molar-refractivity contribution in [1.82, 2.24) is 4.90 Å². The second-order valence-electron chi connectivity index (χ2n) is 6.13. The van der Waals surface area contributed by atoms with Crippen LogP contribution in [0.15, 0.2) is 24.3 Å². The molecule has 2 N–H and O–H groups in total. The molecule has 0 radical (unpaired) electrons. The third kappa shape index (κ3) is 2.88. The zero-order valence-corrected chi connectivity index (χ0v) is 12.2. The number of amides is 1. The Kier molecular flexibility index (Phi) is 3.85. The van der Waals surface area contributed by atoms with Gasteiger partial charge in [-0.2, -0.15) is 0 Å². The van der Waals surface area contributed by atoms with Gasteiger partial charge in [0.05, 0.1) is 0 Å². The minimum Gasteiger partial charge on any atom is -0.481 e. The summed E-state index contributed by atoms with van der Waals surface area (Å²) in [5.74, 6) is 0.933. The molecule has 0 aromatic heterocycles. The van der Waals surface area contributed by atoms with E-state index in [2.05, 4.69) is 0 Å². The van der Waals surface area contributed by atoms with E-state index in [-0.39, 0.29) is 17.8 Å². The maximum atomic E-state index is 13.1. The zero-order chi connectivity index (χ0) is 15.0. The fraction of sp³-hybridized carbons (Fsp3) is 0.562. The van der Waals surface area contributed by atoms with Gasteiger partial charge in [0.15, 0.2) is 6.10 Å². The van der Waals surface area contributed by atoms with Gasteiger partial charge in [0.2, 0.25) is 0 Å². The molecule has 3 rings (SSSR count). The number of carbonyl (C=O) groups excluding carboxylic acids is 1. The van der Waals surface area contributed by atoms with Gasteiger partial charge in [0.25, 0.3) is 5.91 Å². The predicted molar refractivity (Wildman–Crippen MR) is 77.3 cm³/mol. The van der Waals surface area contributed by atoms with Crippen molar-refractivity contribution in [1.29, 1.82) is 0 Å². The van der Waals surface area contributed by atoms with Gasteiger partial charge in [-0.1, -0.05) is 6.07 Å². The summed E-state index contributed by atoms with van der Waals surface area (Å²) in [5, 5.41) is 0. The molecule has 1 amide bonds. The molecule has 1 aromatic rings. The molecule has 2 aliphatic rings. The Morgan fingerprint density at radius 2 is 2.24 bits per heavy atom. The first-order valence-electron chi connectivity index (χ1n) is 7.51. The molecule has 1 saturated heterocycles. The van der Waals surface area contributed by atoms with Gasteiger partial charge in [-0.05, 0) is 43.7 Å². The standard InChI is InChI=1S/C16H21FN2O2/c1-10(21-13-4-2-3-12(17)7-13)16(20)19-8-11-5-6-15(18)14(11)9-19/h2-4,7,10-11,14-15H,5-6,8-9,18H2,1H3. The van der Waals surface area contributed by atoms with E-state index in [0.717, 1.165) is 25.9 Å². The number of carbonyl (C=O) groups is 1. The van der Waals surface area contributed by atoms with Crippen LogP contribution < -0.4 is 10.5 Å². The van der Waals surface area contributed by atoms with Crippen molar-refractivity contribution in [2.45, 2.75) is 31.9 Å². The van der Waals surface area contributed by atoms with Crippen molar-refractivity contribution in [2.75, 3.05) is 13.1 Å². The molecule has 2 fully saturated rings. The number of halogens is 1. The maximum absolute atomic E-state index is 13.1. The normalized spacial score (nSPS) is 29.3. The van der Waals surface area contributed by atoms with Crippen LogP contribution in [0.3, 0.4) is 0 Å². The lowest BCUT2D eigenvalue weighted by Gasteiger charge is -2.23. The van der Waals surface area contributed by atoms with E-state index in [0.29, 0.717) is 17.6 Å². The molecule has 5 heteroatoms. The Labute approximate surface area is 124 Å². The van der Waals surface area contributed by atoms with E-state index in [1.807, 2.05) is 4.90 Å². The van der Waals surface area contributed by atoms with Crippen LogP contribution in [-0.2, 0) is 4.79 Å². The molecule has 1 aliphatic heterocycles. The van der Waals surface area contributed by atoms with Gasteiger partial charge in [0.1, 0.15) is 11.6 Å². The number of hydrogen-bond acceptors (Lipinski definition) is 3. The highest BCUT2D eigenvalue weighted by atomic mass is 19.1. The first-order chi connectivity index (χ1) is 10.0. The largest absolute Gasteiger partial charge is 0.481 e. The van der Waals surface area contributed by atoms with E-state index in [1.54, 1.807) is 19.1 Å². The number of benzene rings is 1. The maximum Gasteiger partial charge on any atom is 0.263 e. The number of nitrogens with zero attached hydrogens (tertiary/aromatic N) is 1. The van der Waals surface area contributed by atoms with E-state index in [1.165, 1.54) is 12.1 Å². The van der Waals surface area contributed by atoms with Gasteiger partial charge < -0.3 is 15.4 Å². The average Bonchev–Trinajstić information content (AvgIpc) is 3.00. The lowest BCUT2D eigenvalue weighted by atomic mass is 9.98. The van der Waals surface area contributed by atoms with Gasteiger partial charge >= 0.3 is 0 Å². The summed E-state index contributed by atoms with van der Waals surface area (Å²) in [6.45, 7) is 3.21. The molecular formula is C16H21FN2O2. The summed E-state index contributed by atoms with van der Waals surface area (Å²) in [6.07, 6.45) is 1.56. The summed E-state index contributed by atoms with van der Waals surface area (Å²) in [4.78, 5) is 14.3. The highest BCUT2D eigenvalue weighted by molar-refractivity contribution is 5.81. The van der Waals surface area contributed by atoms with Gasteiger partial charge in [-0.25, -0.2) is 4.39 Å². The van der Waals surface area contributed by atoms with Gasteiger partial charge in [-0.15, -0.1) is 0 Å². The fourth-order valence-electron chi connectivity index (χ4n) is 3.54. The number of ether oxygens (including phenoxy) is 1. The monoisotopic (exact) mass is 292 g/mol.